The van der Waals surface area contributed by atoms with Gasteiger partial charge < -0.3 is 4.74 Å². The Kier molecular flexibility index (Phi) is 1.27. The molecule has 0 amide bonds. The number of methoxy groups -OCH3 is 1. The molecule has 0 aliphatic heterocycles. The lowest BCUT2D eigenvalue weighted by Crippen LogP contribution is -1.89. The van der Waals surface area contributed by atoms with Crippen LogP contribution in [0.4, 0.5) is 0 Å². The highest BCUT2D eigenvalue weighted by Crippen LogP contribution is 2.21. The van der Waals surface area contributed by atoms with Gasteiger partial charge in [-0.1, -0.05) is 11.6 Å². The summed E-state index contributed by atoms with van der Waals surface area (Å²) in [6.07, 6.45) is 0.412. The average molecular weight is 175 g/mol. The Labute approximate surface area is 75.4 Å². The molecule has 0 unspecified atom stereocenters. The van der Waals surface area contributed by atoms with E-state index in [2.05, 4.69) is 4.74 Å². The van der Waals surface area contributed by atoms with Gasteiger partial charge in [-0.05, 0) is 18.2 Å². The summed E-state index contributed by atoms with van der Waals surface area (Å²) in [5, 5.41) is 0.0276. The standard InChI is InChI=1S/C8H7ClO2/c1-11-8-4-7(9)3-2-6(8)5-10/h2-5H,1H3/i1D3,4D. The second-order valence-corrected chi connectivity index (χ2v) is 2.22. The van der Waals surface area contributed by atoms with Crippen LogP contribution in [0.25, 0.3) is 0 Å². The molecule has 0 fully saturated rings. The Morgan fingerprint density at radius 2 is 2.64 bits per heavy atom. The predicted molar refractivity (Wildman–Crippen MR) is 43.4 cm³/mol. The molecule has 0 N–H and O–H groups in total. The van der Waals surface area contributed by atoms with Crippen molar-refractivity contribution in [2.45, 2.75) is 0 Å². The number of aldehydes is 1. The van der Waals surface area contributed by atoms with Crippen molar-refractivity contribution in [3.8, 4) is 5.75 Å². The summed E-state index contributed by atoms with van der Waals surface area (Å²) >= 11 is 5.60. The molecule has 3 heteroatoms. The Bertz CT molecular complexity index is 389. The molecular formula is C8H7ClO2. The second-order valence-electron chi connectivity index (χ2n) is 1.81. The van der Waals surface area contributed by atoms with E-state index in [-0.39, 0.29) is 22.4 Å². The second kappa shape index (κ2) is 3.39. The quantitative estimate of drug-likeness (QED) is 0.643. The Balaban J connectivity index is 3.24. The number of carbonyl (C=O) groups is 1. The molecule has 1 rings (SSSR count). The largest absolute Gasteiger partial charge is 0.496 e. The molecule has 0 spiro atoms. The van der Waals surface area contributed by atoms with E-state index in [0.29, 0.717) is 6.29 Å². The van der Waals surface area contributed by atoms with Crippen LogP contribution >= 0.6 is 11.6 Å². The molecule has 0 radical (unpaired) electrons. The Morgan fingerprint density at radius 3 is 3.27 bits per heavy atom. The van der Waals surface area contributed by atoms with E-state index >= 15 is 0 Å². The first-order valence-corrected chi connectivity index (χ1v) is 3.16. The van der Waals surface area contributed by atoms with E-state index < -0.39 is 7.04 Å². The van der Waals surface area contributed by atoms with Crippen molar-refractivity contribution in [2.24, 2.45) is 0 Å². The molecule has 58 valence electrons. The van der Waals surface area contributed by atoms with Crippen molar-refractivity contribution in [2.75, 3.05) is 7.04 Å². The normalized spacial score (nSPS) is 15.7. The highest BCUT2D eigenvalue weighted by Gasteiger charge is 2.00. The highest BCUT2D eigenvalue weighted by atomic mass is 35.5. The van der Waals surface area contributed by atoms with Crippen molar-refractivity contribution >= 4 is 17.9 Å². The minimum Gasteiger partial charge on any atom is -0.496 e. The molecular weight excluding hydrogens is 164 g/mol. The van der Waals surface area contributed by atoms with Crippen LogP contribution in [0.2, 0.25) is 5.02 Å². The van der Waals surface area contributed by atoms with Crippen LogP contribution in [0.3, 0.4) is 0 Å². The molecule has 2 nitrogen and oxygen atoms in total. The van der Waals surface area contributed by atoms with E-state index in [4.69, 9.17) is 17.1 Å². The molecule has 11 heavy (non-hydrogen) atoms. The Hall–Kier alpha value is -1.02. The molecule has 0 saturated heterocycles. The van der Waals surface area contributed by atoms with E-state index in [1.54, 1.807) is 0 Å². The van der Waals surface area contributed by atoms with Crippen LogP contribution < -0.4 is 4.74 Å². The summed E-state index contributed by atoms with van der Waals surface area (Å²) in [5.74, 6) is -0.322. The fraction of sp³-hybridized carbons (Fsp3) is 0.125. The zero-order chi connectivity index (χ0) is 11.6. The molecule has 0 aromatic heterocycles. The number of hydrogen-bond donors (Lipinski definition) is 0. The van der Waals surface area contributed by atoms with Crippen LogP contribution in [0.1, 0.15) is 15.8 Å². The zero-order valence-electron chi connectivity index (χ0n) is 9.43. The lowest BCUT2D eigenvalue weighted by atomic mass is 10.2. The number of benzene rings is 1. The molecule has 1 aromatic rings. The van der Waals surface area contributed by atoms with Gasteiger partial charge in [-0.2, -0.15) is 0 Å². The maximum absolute atomic E-state index is 10.6. The number of hydrogen-bond acceptors (Lipinski definition) is 2. The molecule has 0 saturated carbocycles. The first-order chi connectivity index (χ1) is 6.85. The SMILES string of the molecule is [2H]c1c(Cl)ccc(C=O)c1OC([2H])([2H])[2H]. The molecule has 0 bridgehead atoms. The van der Waals surface area contributed by atoms with Crippen LogP contribution in [0, 0.1) is 0 Å². The van der Waals surface area contributed by atoms with Gasteiger partial charge in [-0.15, -0.1) is 0 Å². The van der Waals surface area contributed by atoms with E-state index in [9.17, 15) is 4.79 Å². The van der Waals surface area contributed by atoms with Crippen molar-refractivity contribution in [1.82, 2.24) is 0 Å². The molecule has 0 atom stereocenters. The van der Waals surface area contributed by atoms with Gasteiger partial charge in [0.15, 0.2) is 6.29 Å². The van der Waals surface area contributed by atoms with E-state index in [1.807, 2.05) is 0 Å². The van der Waals surface area contributed by atoms with Crippen molar-refractivity contribution < 1.29 is 15.0 Å². The van der Waals surface area contributed by atoms with Gasteiger partial charge in [0.1, 0.15) is 5.75 Å². The van der Waals surface area contributed by atoms with Crippen molar-refractivity contribution in [3.63, 3.8) is 0 Å². The van der Waals surface area contributed by atoms with E-state index in [1.165, 1.54) is 12.1 Å². The molecule has 0 heterocycles. The van der Waals surface area contributed by atoms with Gasteiger partial charge >= 0.3 is 0 Å². The fourth-order valence-electron chi connectivity index (χ4n) is 0.638. The minimum atomic E-state index is -2.71. The first kappa shape index (κ1) is 4.12. The molecule has 0 aliphatic rings. The topological polar surface area (TPSA) is 26.3 Å². The van der Waals surface area contributed by atoms with Gasteiger partial charge in [0, 0.05) is 5.02 Å². The van der Waals surface area contributed by atoms with Crippen LogP contribution in [0.15, 0.2) is 18.2 Å². The summed E-state index contributed by atoms with van der Waals surface area (Å²) in [6.45, 7) is 0. The predicted octanol–water partition coefficient (Wildman–Crippen LogP) is 2.16. The maximum atomic E-state index is 10.6. The fourth-order valence-corrected chi connectivity index (χ4v) is 0.787. The van der Waals surface area contributed by atoms with Gasteiger partial charge in [0.2, 0.25) is 0 Å². The number of carbonyl (C=O) groups excluding carboxylic acids is 1. The monoisotopic (exact) mass is 174 g/mol. The minimum absolute atomic E-state index is 0.0134. The van der Waals surface area contributed by atoms with Crippen molar-refractivity contribution in [1.29, 1.82) is 0 Å². The summed E-state index contributed by atoms with van der Waals surface area (Å²) in [5.41, 5.74) is -0.0134. The van der Waals surface area contributed by atoms with Crippen LogP contribution in [0.5, 0.6) is 5.75 Å². The lowest BCUT2D eigenvalue weighted by molar-refractivity contribution is 0.112. The summed E-state index contributed by atoms with van der Waals surface area (Å²) in [6, 6.07) is 2.33. The summed E-state index contributed by atoms with van der Waals surface area (Å²) < 4.78 is 32.6. The maximum Gasteiger partial charge on any atom is 0.153 e. The lowest BCUT2D eigenvalue weighted by Gasteiger charge is -2.01. The third-order valence-corrected chi connectivity index (χ3v) is 1.35. The Morgan fingerprint density at radius 1 is 1.82 bits per heavy atom. The van der Waals surface area contributed by atoms with Crippen molar-refractivity contribution in [3.05, 3.63) is 28.8 Å². The highest BCUT2D eigenvalue weighted by molar-refractivity contribution is 6.30. The smallest absolute Gasteiger partial charge is 0.153 e. The van der Waals surface area contributed by atoms with Gasteiger partial charge in [0.25, 0.3) is 0 Å². The molecule has 0 aliphatic carbocycles. The molecule has 1 aromatic carbocycles. The first-order valence-electron chi connectivity index (χ1n) is 4.78. The van der Waals surface area contributed by atoms with E-state index in [0.717, 1.165) is 0 Å². The van der Waals surface area contributed by atoms with Gasteiger partial charge in [-0.3, -0.25) is 4.79 Å². The van der Waals surface area contributed by atoms with Crippen LogP contribution in [-0.2, 0) is 0 Å². The number of halogens is 1. The zero-order valence-corrected chi connectivity index (χ0v) is 6.18. The van der Waals surface area contributed by atoms with Gasteiger partial charge in [-0.25, -0.2) is 0 Å². The summed E-state index contributed by atoms with van der Waals surface area (Å²) in [7, 11) is -2.71. The average Bonchev–Trinajstić information content (AvgIpc) is 2.11. The number of ether oxygens (including phenoxy) is 1. The third-order valence-electron chi connectivity index (χ3n) is 1.13. The summed E-state index contributed by atoms with van der Waals surface area (Å²) in [4.78, 5) is 10.6. The number of rotatable bonds is 2. The third kappa shape index (κ3) is 1.71. The van der Waals surface area contributed by atoms with Crippen LogP contribution in [-0.4, -0.2) is 13.3 Å². The van der Waals surface area contributed by atoms with Gasteiger partial charge in [0.05, 0.1) is 18.1 Å².